The monoisotopic (exact) mass is 537 g/mol. The molecule has 0 bridgehead atoms. The second kappa shape index (κ2) is 8.78. The SMILES string of the molecule is N#CCOc1c(Br)cc(/C=C2\C(=O)NC(=O)N(c3ccc(Cl)cc3)C2=O)cc1Br. The van der Waals surface area contributed by atoms with Crippen LogP contribution in [0.4, 0.5) is 10.5 Å². The van der Waals surface area contributed by atoms with Crippen LogP contribution >= 0.6 is 43.5 Å². The first-order chi connectivity index (χ1) is 13.8. The Hall–Kier alpha value is -2.67. The standard InChI is InChI=1S/C19H10Br2ClN3O4/c20-14-8-10(9-15(21)16(14)29-6-5-23)7-13-17(26)24-19(28)25(18(13)27)12-3-1-11(22)2-4-12/h1-4,7-9H,6H2,(H,24,26,28)/b13-7+. The number of hydrogen-bond donors (Lipinski definition) is 1. The summed E-state index contributed by atoms with van der Waals surface area (Å²) < 4.78 is 6.35. The van der Waals surface area contributed by atoms with Crippen LogP contribution in [-0.2, 0) is 9.59 Å². The van der Waals surface area contributed by atoms with E-state index in [1.807, 2.05) is 6.07 Å². The van der Waals surface area contributed by atoms with Gasteiger partial charge < -0.3 is 4.74 Å². The van der Waals surface area contributed by atoms with Crippen molar-refractivity contribution >= 4 is 73.1 Å². The Morgan fingerprint density at radius 1 is 1.14 bits per heavy atom. The van der Waals surface area contributed by atoms with Crippen LogP contribution in [-0.4, -0.2) is 24.5 Å². The first kappa shape index (κ1) is 21.0. The molecule has 0 aromatic heterocycles. The van der Waals surface area contributed by atoms with Crippen molar-refractivity contribution in [2.45, 2.75) is 0 Å². The highest BCUT2D eigenvalue weighted by atomic mass is 79.9. The van der Waals surface area contributed by atoms with Crippen molar-refractivity contribution in [3.8, 4) is 11.8 Å². The number of carbonyl (C=O) groups is 3. The minimum atomic E-state index is -0.845. The van der Waals surface area contributed by atoms with Gasteiger partial charge in [-0.3, -0.25) is 14.9 Å². The molecule has 0 atom stereocenters. The molecule has 2 aromatic rings. The van der Waals surface area contributed by atoms with Crippen LogP contribution in [0.15, 0.2) is 50.9 Å². The van der Waals surface area contributed by atoms with E-state index in [0.29, 0.717) is 25.3 Å². The number of carbonyl (C=O) groups excluding carboxylic acids is 3. The lowest BCUT2D eigenvalue weighted by Crippen LogP contribution is -2.54. The number of barbiturate groups is 1. The van der Waals surface area contributed by atoms with E-state index in [4.69, 9.17) is 21.6 Å². The number of ether oxygens (including phenoxy) is 1. The molecule has 1 fully saturated rings. The summed E-state index contributed by atoms with van der Waals surface area (Å²) in [6.45, 7) is -0.142. The lowest BCUT2D eigenvalue weighted by molar-refractivity contribution is -0.122. The molecule has 146 valence electrons. The summed E-state index contributed by atoms with van der Waals surface area (Å²) in [5, 5.41) is 11.3. The second-order valence-electron chi connectivity index (χ2n) is 5.69. The van der Waals surface area contributed by atoms with Crippen LogP contribution in [0.3, 0.4) is 0 Å². The molecule has 1 aliphatic heterocycles. The van der Waals surface area contributed by atoms with Gasteiger partial charge in [0, 0.05) is 5.02 Å². The van der Waals surface area contributed by atoms with E-state index in [-0.39, 0.29) is 17.9 Å². The van der Waals surface area contributed by atoms with Gasteiger partial charge >= 0.3 is 6.03 Å². The third kappa shape index (κ3) is 4.50. The molecule has 0 aliphatic carbocycles. The van der Waals surface area contributed by atoms with Gasteiger partial charge in [-0.25, -0.2) is 9.69 Å². The number of nitriles is 1. The van der Waals surface area contributed by atoms with Gasteiger partial charge in [0.1, 0.15) is 17.4 Å². The minimum absolute atomic E-state index is 0.142. The fourth-order valence-corrected chi connectivity index (χ4v) is 4.13. The molecule has 4 amide bonds. The normalized spacial score (nSPS) is 15.3. The molecule has 10 heteroatoms. The molecule has 29 heavy (non-hydrogen) atoms. The lowest BCUT2D eigenvalue weighted by atomic mass is 10.1. The number of anilines is 1. The van der Waals surface area contributed by atoms with Crippen molar-refractivity contribution in [2.24, 2.45) is 0 Å². The van der Waals surface area contributed by atoms with Gasteiger partial charge in [-0.15, -0.1) is 0 Å². The molecule has 7 nitrogen and oxygen atoms in total. The zero-order valence-electron chi connectivity index (χ0n) is 14.4. The third-order valence-electron chi connectivity index (χ3n) is 3.80. The fraction of sp³-hybridized carbons (Fsp3) is 0.0526. The molecule has 0 spiro atoms. The first-order valence-corrected chi connectivity index (χ1v) is 9.94. The zero-order valence-corrected chi connectivity index (χ0v) is 18.3. The third-order valence-corrected chi connectivity index (χ3v) is 5.23. The molecule has 0 radical (unpaired) electrons. The van der Waals surface area contributed by atoms with E-state index in [9.17, 15) is 14.4 Å². The number of nitrogens with zero attached hydrogens (tertiary/aromatic N) is 2. The molecule has 1 N–H and O–H groups in total. The molecule has 0 saturated carbocycles. The number of amides is 4. The molecular formula is C19H10Br2ClN3O4. The predicted octanol–water partition coefficient (Wildman–Crippen LogP) is 4.43. The smallest absolute Gasteiger partial charge is 0.335 e. The number of hydrogen-bond acceptors (Lipinski definition) is 5. The van der Waals surface area contributed by atoms with E-state index in [1.165, 1.54) is 30.3 Å². The van der Waals surface area contributed by atoms with Crippen LogP contribution in [0.2, 0.25) is 5.02 Å². The molecule has 1 aliphatic rings. The summed E-state index contributed by atoms with van der Waals surface area (Å²) in [5.74, 6) is -1.16. The highest BCUT2D eigenvalue weighted by Crippen LogP contribution is 2.35. The van der Waals surface area contributed by atoms with Gasteiger partial charge in [0.2, 0.25) is 0 Å². The van der Waals surface area contributed by atoms with Crippen LogP contribution in [0.1, 0.15) is 5.56 Å². The zero-order chi connectivity index (χ0) is 21.1. The van der Waals surface area contributed by atoms with E-state index >= 15 is 0 Å². The number of urea groups is 1. The molecule has 1 saturated heterocycles. The Labute approximate surface area is 187 Å². The Balaban J connectivity index is 1.98. The average Bonchev–Trinajstić information content (AvgIpc) is 2.66. The predicted molar refractivity (Wildman–Crippen MR) is 113 cm³/mol. The number of rotatable bonds is 4. The Kier molecular flexibility index (Phi) is 6.37. The maximum atomic E-state index is 12.9. The van der Waals surface area contributed by atoms with Crippen molar-refractivity contribution in [1.82, 2.24) is 5.32 Å². The molecular weight excluding hydrogens is 529 g/mol. The summed E-state index contributed by atoms with van der Waals surface area (Å²) >= 11 is 12.5. The van der Waals surface area contributed by atoms with Crippen LogP contribution in [0, 0.1) is 11.3 Å². The van der Waals surface area contributed by atoms with Crippen molar-refractivity contribution in [3.05, 3.63) is 61.5 Å². The number of halogens is 3. The second-order valence-corrected chi connectivity index (χ2v) is 7.84. The lowest BCUT2D eigenvalue weighted by Gasteiger charge is -2.26. The summed E-state index contributed by atoms with van der Waals surface area (Å²) in [5.41, 5.74) is 0.555. The summed E-state index contributed by atoms with van der Waals surface area (Å²) in [6, 6.07) is 10.3. The molecule has 1 heterocycles. The largest absolute Gasteiger partial charge is 0.476 e. The molecule has 2 aromatic carbocycles. The Morgan fingerprint density at radius 2 is 1.76 bits per heavy atom. The maximum absolute atomic E-state index is 12.9. The maximum Gasteiger partial charge on any atom is 0.335 e. The van der Waals surface area contributed by atoms with Crippen molar-refractivity contribution in [3.63, 3.8) is 0 Å². The minimum Gasteiger partial charge on any atom is -0.476 e. The highest BCUT2D eigenvalue weighted by molar-refractivity contribution is 9.11. The van der Waals surface area contributed by atoms with Gasteiger partial charge in [-0.05, 0) is 79.9 Å². The van der Waals surface area contributed by atoms with Gasteiger partial charge in [-0.1, -0.05) is 11.6 Å². The average molecular weight is 540 g/mol. The van der Waals surface area contributed by atoms with Crippen LogP contribution in [0.5, 0.6) is 5.75 Å². The number of nitrogens with one attached hydrogen (secondary N) is 1. The van der Waals surface area contributed by atoms with E-state index in [0.717, 1.165) is 4.90 Å². The van der Waals surface area contributed by atoms with E-state index in [1.54, 1.807) is 12.1 Å². The van der Waals surface area contributed by atoms with Crippen molar-refractivity contribution < 1.29 is 19.1 Å². The van der Waals surface area contributed by atoms with Crippen LogP contribution in [0.25, 0.3) is 6.08 Å². The molecule has 0 unspecified atom stereocenters. The Morgan fingerprint density at radius 3 is 2.34 bits per heavy atom. The quantitative estimate of drug-likeness (QED) is 0.458. The van der Waals surface area contributed by atoms with E-state index in [2.05, 4.69) is 37.2 Å². The summed E-state index contributed by atoms with van der Waals surface area (Å²) in [4.78, 5) is 38.2. The van der Waals surface area contributed by atoms with Gasteiger partial charge in [-0.2, -0.15) is 5.26 Å². The van der Waals surface area contributed by atoms with Gasteiger partial charge in [0.15, 0.2) is 6.61 Å². The van der Waals surface area contributed by atoms with Crippen molar-refractivity contribution in [1.29, 1.82) is 5.26 Å². The number of imide groups is 2. The van der Waals surface area contributed by atoms with E-state index < -0.39 is 17.8 Å². The topological polar surface area (TPSA) is 99.5 Å². The number of benzene rings is 2. The first-order valence-electron chi connectivity index (χ1n) is 7.97. The summed E-state index contributed by atoms with van der Waals surface area (Å²) in [7, 11) is 0. The molecule has 3 rings (SSSR count). The van der Waals surface area contributed by atoms with Gasteiger partial charge in [0.05, 0.1) is 14.6 Å². The van der Waals surface area contributed by atoms with Gasteiger partial charge in [0.25, 0.3) is 11.8 Å². The summed E-state index contributed by atoms with van der Waals surface area (Å²) in [6.07, 6.45) is 1.36. The fourth-order valence-electron chi connectivity index (χ4n) is 2.55. The Bertz CT molecular complexity index is 1070. The van der Waals surface area contributed by atoms with Crippen molar-refractivity contribution in [2.75, 3.05) is 11.5 Å². The highest BCUT2D eigenvalue weighted by Gasteiger charge is 2.36. The van der Waals surface area contributed by atoms with Crippen LogP contribution < -0.4 is 15.0 Å².